The van der Waals surface area contributed by atoms with Gasteiger partial charge in [-0.25, -0.2) is 0 Å². The summed E-state index contributed by atoms with van der Waals surface area (Å²) in [6.45, 7) is 7.50. The molecule has 2 nitrogen and oxygen atoms in total. The molecule has 0 amide bonds. The van der Waals surface area contributed by atoms with Crippen LogP contribution in [0.2, 0.25) is 0 Å². The van der Waals surface area contributed by atoms with E-state index in [2.05, 4.69) is 20.8 Å². The summed E-state index contributed by atoms with van der Waals surface area (Å²) in [7, 11) is 0. The number of ether oxygens (including phenoxy) is 1. The quantitative estimate of drug-likeness (QED) is 0.147. The maximum Gasteiger partial charge on any atom is 0.305 e. The second-order valence-corrected chi connectivity index (χ2v) is 8.81. The highest BCUT2D eigenvalue weighted by Gasteiger charge is 2.02. The monoisotopic (exact) mass is 382 g/mol. The Morgan fingerprint density at radius 3 is 1.59 bits per heavy atom. The molecule has 0 unspecified atom stereocenters. The van der Waals surface area contributed by atoms with Crippen LogP contribution in [-0.4, -0.2) is 12.6 Å². The second-order valence-electron chi connectivity index (χ2n) is 8.81. The molecule has 0 N–H and O–H groups in total. The molecule has 2 heteroatoms. The highest BCUT2D eigenvalue weighted by molar-refractivity contribution is 5.69. The number of carbonyl (C=O) groups excluding carboxylic acids is 1. The highest BCUT2D eigenvalue weighted by Crippen LogP contribution is 2.13. The van der Waals surface area contributed by atoms with Gasteiger partial charge in [-0.2, -0.15) is 0 Å². The smallest absolute Gasteiger partial charge is 0.305 e. The molecule has 0 aromatic rings. The molecule has 0 fully saturated rings. The lowest BCUT2D eigenvalue weighted by molar-refractivity contribution is -0.143. The predicted octanol–water partition coefficient (Wildman–Crippen LogP) is 8.62. The van der Waals surface area contributed by atoms with E-state index in [4.69, 9.17) is 4.74 Å². The fourth-order valence-corrected chi connectivity index (χ4v) is 3.55. The van der Waals surface area contributed by atoms with Gasteiger partial charge in [0.2, 0.25) is 0 Å². The molecule has 0 bridgehead atoms. The summed E-state index contributed by atoms with van der Waals surface area (Å²) in [6, 6.07) is 0. The van der Waals surface area contributed by atoms with Gasteiger partial charge in [-0.15, -0.1) is 0 Å². The van der Waals surface area contributed by atoms with Crippen LogP contribution in [0.1, 0.15) is 143 Å². The fraction of sp³-hybridized carbons (Fsp3) is 0.960. The minimum atomic E-state index is 0.0169. The first kappa shape index (κ1) is 26.5. The van der Waals surface area contributed by atoms with Crippen LogP contribution in [-0.2, 0) is 9.53 Å². The topological polar surface area (TPSA) is 26.3 Å². The molecular formula is C25H50O2. The van der Waals surface area contributed by atoms with Crippen molar-refractivity contribution in [3.63, 3.8) is 0 Å². The predicted molar refractivity (Wildman–Crippen MR) is 119 cm³/mol. The molecule has 0 saturated heterocycles. The highest BCUT2D eigenvalue weighted by atomic mass is 16.5. The lowest BCUT2D eigenvalue weighted by atomic mass is 10.0. The van der Waals surface area contributed by atoms with Crippen LogP contribution in [0, 0.1) is 5.92 Å². The van der Waals surface area contributed by atoms with E-state index >= 15 is 0 Å². The van der Waals surface area contributed by atoms with Gasteiger partial charge in [-0.1, -0.05) is 124 Å². The van der Waals surface area contributed by atoms with Gasteiger partial charge in [0.25, 0.3) is 0 Å². The van der Waals surface area contributed by atoms with Crippen LogP contribution in [0.5, 0.6) is 0 Å². The van der Waals surface area contributed by atoms with Crippen LogP contribution in [0.15, 0.2) is 0 Å². The van der Waals surface area contributed by atoms with E-state index in [1.807, 2.05) is 0 Å². The van der Waals surface area contributed by atoms with Crippen molar-refractivity contribution in [1.29, 1.82) is 0 Å². The van der Waals surface area contributed by atoms with Crippen molar-refractivity contribution in [2.24, 2.45) is 5.92 Å². The van der Waals surface area contributed by atoms with Crippen LogP contribution in [0.4, 0.5) is 0 Å². The van der Waals surface area contributed by atoms with E-state index in [0.29, 0.717) is 13.0 Å². The molecule has 0 atom stereocenters. The van der Waals surface area contributed by atoms with E-state index in [9.17, 15) is 4.79 Å². The summed E-state index contributed by atoms with van der Waals surface area (Å²) in [5.74, 6) is 0.864. The average Bonchev–Trinajstić information content (AvgIpc) is 2.64. The minimum absolute atomic E-state index is 0.0169. The van der Waals surface area contributed by atoms with Gasteiger partial charge in [0.1, 0.15) is 0 Å². The Morgan fingerprint density at radius 2 is 1.07 bits per heavy atom. The SMILES string of the molecule is CCCCCCCCCCCCC(=O)OCCCCCCCCCC(C)C. The van der Waals surface area contributed by atoms with E-state index in [-0.39, 0.29) is 5.97 Å². The Labute approximate surface area is 171 Å². The molecule has 0 aromatic carbocycles. The third-order valence-electron chi connectivity index (χ3n) is 5.42. The number of hydrogen-bond donors (Lipinski definition) is 0. The van der Waals surface area contributed by atoms with Crippen molar-refractivity contribution in [1.82, 2.24) is 0 Å². The Bertz CT molecular complexity index is 299. The zero-order valence-electron chi connectivity index (χ0n) is 19.0. The molecule has 0 aromatic heterocycles. The summed E-state index contributed by atoms with van der Waals surface area (Å²) in [5.41, 5.74) is 0. The molecule has 0 radical (unpaired) electrons. The number of esters is 1. The van der Waals surface area contributed by atoms with Crippen molar-refractivity contribution in [2.45, 2.75) is 143 Å². The van der Waals surface area contributed by atoms with E-state index in [0.717, 1.165) is 18.8 Å². The number of hydrogen-bond acceptors (Lipinski definition) is 2. The molecule has 0 spiro atoms. The minimum Gasteiger partial charge on any atom is -0.466 e. The second kappa shape index (κ2) is 21.8. The van der Waals surface area contributed by atoms with Gasteiger partial charge in [-0.3, -0.25) is 4.79 Å². The summed E-state index contributed by atoms with van der Waals surface area (Å²) >= 11 is 0. The normalized spacial score (nSPS) is 11.3. The van der Waals surface area contributed by atoms with Gasteiger partial charge < -0.3 is 4.74 Å². The first-order valence-electron chi connectivity index (χ1n) is 12.3. The molecule has 0 saturated carbocycles. The van der Waals surface area contributed by atoms with Crippen molar-refractivity contribution < 1.29 is 9.53 Å². The van der Waals surface area contributed by atoms with Crippen LogP contribution < -0.4 is 0 Å². The molecular weight excluding hydrogens is 332 g/mol. The maximum absolute atomic E-state index is 11.7. The van der Waals surface area contributed by atoms with Gasteiger partial charge >= 0.3 is 5.97 Å². The maximum atomic E-state index is 11.7. The van der Waals surface area contributed by atoms with E-state index < -0.39 is 0 Å². The lowest BCUT2D eigenvalue weighted by Gasteiger charge is -2.06. The summed E-state index contributed by atoms with van der Waals surface area (Å²) < 4.78 is 5.36. The zero-order valence-corrected chi connectivity index (χ0v) is 19.0. The standard InChI is InChI=1S/C25H50O2/c1-4-5-6-7-8-9-10-13-16-19-22-25(26)27-23-20-17-14-11-12-15-18-21-24(2)3/h24H,4-23H2,1-3H3. The van der Waals surface area contributed by atoms with Gasteiger partial charge in [0.05, 0.1) is 6.61 Å². The van der Waals surface area contributed by atoms with Crippen LogP contribution in [0.25, 0.3) is 0 Å². The first-order chi connectivity index (χ1) is 13.2. The number of rotatable bonds is 21. The third-order valence-corrected chi connectivity index (χ3v) is 5.42. The van der Waals surface area contributed by atoms with Gasteiger partial charge in [0, 0.05) is 6.42 Å². The zero-order chi connectivity index (χ0) is 20.0. The molecule has 0 aliphatic carbocycles. The lowest BCUT2D eigenvalue weighted by Crippen LogP contribution is -2.05. The molecule has 27 heavy (non-hydrogen) atoms. The Morgan fingerprint density at radius 1 is 0.630 bits per heavy atom. The number of carbonyl (C=O) groups is 1. The van der Waals surface area contributed by atoms with E-state index in [1.54, 1.807) is 0 Å². The molecule has 0 aliphatic heterocycles. The molecule has 162 valence electrons. The summed E-state index contributed by atoms with van der Waals surface area (Å²) in [4.78, 5) is 11.7. The average molecular weight is 383 g/mol. The largest absolute Gasteiger partial charge is 0.466 e. The van der Waals surface area contributed by atoms with Crippen molar-refractivity contribution in [3.8, 4) is 0 Å². The third kappa shape index (κ3) is 23.4. The van der Waals surface area contributed by atoms with Gasteiger partial charge in [0.15, 0.2) is 0 Å². The number of unbranched alkanes of at least 4 members (excludes halogenated alkanes) is 15. The molecule has 0 heterocycles. The fourth-order valence-electron chi connectivity index (χ4n) is 3.55. The molecule has 0 aliphatic rings. The van der Waals surface area contributed by atoms with Crippen molar-refractivity contribution in [2.75, 3.05) is 6.61 Å². The van der Waals surface area contributed by atoms with Gasteiger partial charge in [-0.05, 0) is 18.8 Å². The van der Waals surface area contributed by atoms with Crippen molar-refractivity contribution in [3.05, 3.63) is 0 Å². The van der Waals surface area contributed by atoms with Crippen LogP contribution >= 0.6 is 0 Å². The summed E-state index contributed by atoms with van der Waals surface area (Å²) in [5, 5.41) is 0. The van der Waals surface area contributed by atoms with Crippen molar-refractivity contribution >= 4 is 5.97 Å². The Kier molecular flexibility index (Phi) is 21.3. The van der Waals surface area contributed by atoms with Crippen LogP contribution in [0.3, 0.4) is 0 Å². The van der Waals surface area contributed by atoms with E-state index in [1.165, 1.54) is 103 Å². The summed E-state index contributed by atoms with van der Waals surface area (Å²) in [6.07, 6.45) is 24.1. The Hall–Kier alpha value is -0.530. The first-order valence-corrected chi connectivity index (χ1v) is 12.3. The molecule has 0 rings (SSSR count). The Balaban J connectivity index is 3.15.